The Bertz CT molecular complexity index is 268. The summed E-state index contributed by atoms with van der Waals surface area (Å²) in [5.41, 5.74) is 0. The molecule has 4 heteroatoms. The number of carbonyl (C=O) groups excluding carboxylic acids is 1. The zero-order valence-electron chi connectivity index (χ0n) is 10.5. The summed E-state index contributed by atoms with van der Waals surface area (Å²) in [5.74, 6) is 0.00312. The molecule has 2 heterocycles. The molecule has 2 fully saturated rings. The van der Waals surface area contributed by atoms with Gasteiger partial charge in [0.1, 0.15) is 8.24 Å². The Morgan fingerprint density at radius 1 is 1.31 bits per heavy atom. The second kappa shape index (κ2) is 4.88. The van der Waals surface area contributed by atoms with Gasteiger partial charge in [-0.3, -0.25) is 4.79 Å². The lowest BCUT2D eigenvalue weighted by molar-refractivity contribution is -0.145. The monoisotopic (exact) mass is 241 g/mol. The highest BCUT2D eigenvalue weighted by molar-refractivity contribution is 6.75. The van der Waals surface area contributed by atoms with Crippen molar-refractivity contribution >= 4 is 14.2 Å². The molecule has 2 aliphatic heterocycles. The fraction of sp³-hybridized carbons (Fsp3) is 0.917. The third-order valence-electron chi connectivity index (χ3n) is 4.03. The molecular formula is C12H23NO2Si. The van der Waals surface area contributed by atoms with E-state index < -0.39 is 8.24 Å². The summed E-state index contributed by atoms with van der Waals surface area (Å²) in [7, 11) is -1.14. The largest absolute Gasteiger partial charge is 0.466 e. The predicted molar refractivity (Wildman–Crippen MR) is 66.8 cm³/mol. The van der Waals surface area contributed by atoms with Gasteiger partial charge in [0.15, 0.2) is 0 Å². The molecule has 0 spiro atoms. The van der Waals surface area contributed by atoms with Crippen LogP contribution in [-0.4, -0.2) is 38.0 Å². The molecule has 0 amide bonds. The topological polar surface area (TPSA) is 29.5 Å². The van der Waals surface area contributed by atoms with Crippen LogP contribution in [0.5, 0.6) is 0 Å². The Balaban J connectivity index is 1.99. The van der Waals surface area contributed by atoms with Crippen molar-refractivity contribution in [3.8, 4) is 0 Å². The molecule has 0 aliphatic carbocycles. The summed E-state index contributed by atoms with van der Waals surface area (Å²) >= 11 is 0. The molecule has 16 heavy (non-hydrogen) atoms. The first-order chi connectivity index (χ1) is 7.59. The molecule has 0 bridgehead atoms. The average molecular weight is 241 g/mol. The first-order valence-electron chi connectivity index (χ1n) is 6.52. The lowest BCUT2D eigenvalue weighted by Gasteiger charge is -2.38. The summed E-state index contributed by atoms with van der Waals surface area (Å²) < 4.78 is 7.86. The average Bonchev–Trinajstić information content (AvgIpc) is 2.53. The molecule has 0 aromatic carbocycles. The maximum atomic E-state index is 11.3. The molecule has 92 valence electrons. The van der Waals surface area contributed by atoms with E-state index in [4.69, 9.17) is 4.74 Å². The second-order valence-electron chi connectivity index (χ2n) is 5.66. The van der Waals surface area contributed by atoms with E-state index in [1.54, 1.807) is 0 Å². The Hall–Kier alpha value is -0.353. The summed E-state index contributed by atoms with van der Waals surface area (Å²) in [6.07, 6.45) is 5.24. The third kappa shape index (κ3) is 2.66. The maximum absolute atomic E-state index is 11.3. The second-order valence-corrected chi connectivity index (χ2v) is 10.4. The van der Waals surface area contributed by atoms with Crippen LogP contribution in [0, 0.1) is 0 Å². The van der Waals surface area contributed by atoms with Crippen LogP contribution in [0.3, 0.4) is 0 Å². The SMILES string of the molecule is C[Si]1(C)CCCN1C1CCCOC(=O)CC1. The molecule has 0 N–H and O–H groups in total. The van der Waals surface area contributed by atoms with E-state index in [0.717, 1.165) is 12.8 Å². The summed E-state index contributed by atoms with van der Waals surface area (Å²) in [5, 5.41) is 0. The first-order valence-corrected chi connectivity index (χ1v) is 9.67. The van der Waals surface area contributed by atoms with Crippen molar-refractivity contribution in [2.75, 3.05) is 13.2 Å². The highest BCUT2D eigenvalue weighted by atomic mass is 28.3. The van der Waals surface area contributed by atoms with Gasteiger partial charge in [-0.15, -0.1) is 0 Å². The van der Waals surface area contributed by atoms with E-state index in [1.165, 1.54) is 25.4 Å². The molecule has 0 aromatic heterocycles. The first kappa shape index (κ1) is 12.1. The number of ether oxygens (including phenoxy) is 1. The van der Waals surface area contributed by atoms with Gasteiger partial charge in [0.25, 0.3) is 0 Å². The van der Waals surface area contributed by atoms with Crippen LogP contribution in [0.15, 0.2) is 0 Å². The maximum Gasteiger partial charge on any atom is 0.305 e. The number of nitrogens with zero attached hydrogens (tertiary/aromatic N) is 1. The van der Waals surface area contributed by atoms with Gasteiger partial charge >= 0.3 is 5.97 Å². The van der Waals surface area contributed by atoms with Gasteiger partial charge in [0.05, 0.1) is 6.61 Å². The zero-order chi connectivity index (χ0) is 11.6. The van der Waals surface area contributed by atoms with Gasteiger partial charge in [-0.25, -0.2) is 0 Å². The Kier molecular flexibility index (Phi) is 3.69. The standard InChI is InChI=1S/C12H23NO2Si/c1-16(2)10-4-8-13(16)11-5-3-9-15-12(14)7-6-11/h11H,3-10H2,1-2H3. The lowest BCUT2D eigenvalue weighted by atomic mass is 10.0. The number of cyclic esters (lactones) is 1. The van der Waals surface area contributed by atoms with Crippen LogP contribution >= 0.6 is 0 Å². The van der Waals surface area contributed by atoms with Crippen molar-refractivity contribution in [3.05, 3.63) is 0 Å². The fourth-order valence-electron chi connectivity index (χ4n) is 3.12. The smallest absolute Gasteiger partial charge is 0.305 e. The molecule has 2 saturated heterocycles. The van der Waals surface area contributed by atoms with Gasteiger partial charge < -0.3 is 9.30 Å². The molecular weight excluding hydrogens is 218 g/mol. The highest BCUT2D eigenvalue weighted by Gasteiger charge is 2.38. The van der Waals surface area contributed by atoms with Crippen LogP contribution in [0.4, 0.5) is 0 Å². The number of hydrogen-bond acceptors (Lipinski definition) is 3. The van der Waals surface area contributed by atoms with Crippen LogP contribution < -0.4 is 0 Å². The van der Waals surface area contributed by atoms with Gasteiger partial charge in [-0.2, -0.15) is 0 Å². The Labute approximate surface area is 99.2 Å². The molecule has 0 aromatic rings. The summed E-state index contributed by atoms with van der Waals surface area (Å²) in [4.78, 5) is 11.3. The van der Waals surface area contributed by atoms with Crippen LogP contribution in [0.25, 0.3) is 0 Å². The van der Waals surface area contributed by atoms with Crippen molar-refractivity contribution in [1.82, 2.24) is 4.57 Å². The third-order valence-corrected chi connectivity index (χ3v) is 7.75. The van der Waals surface area contributed by atoms with E-state index in [2.05, 4.69) is 17.7 Å². The summed E-state index contributed by atoms with van der Waals surface area (Å²) in [6, 6.07) is 2.07. The van der Waals surface area contributed by atoms with Gasteiger partial charge in [-0.05, 0) is 38.3 Å². The van der Waals surface area contributed by atoms with Crippen LogP contribution in [-0.2, 0) is 9.53 Å². The summed E-state index contributed by atoms with van der Waals surface area (Å²) in [6.45, 7) is 6.83. The molecule has 1 unspecified atom stereocenters. The van der Waals surface area contributed by atoms with Gasteiger partial charge in [-0.1, -0.05) is 13.1 Å². The Morgan fingerprint density at radius 3 is 2.81 bits per heavy atom. The highest BCUT2D eigenvalue weighted by Crippen LogP contribution is 2.31. The van der Waals surface area contributed by atoms with Crippen molar-refractivity contribution in [3.63, 3.8) is 0 Å². The molecule has 0 radical (unpaired) electrons. The van der Waals surface area contributed by atoms with E-state index in [1.807, 2.05) is 0 Å². The van der Waals surface area contributed by atoms with Gasteiger partial charge in [0, 0.05) is 12.5 Å². The zero-order valence-corrected chi connectivity index (χ0v) is 11.5. The van der Waals surface area contributed by atoms with E-state index >= 15 is 0 Å². The molecule has 2 rings (SSSR count). The normalized spacial score (nSPS) is 31.9. The number of esters is 1. The lowest BCUT2D eigenvalue weighted by Crippen LogP contribution is -2.49. The molecule has 3 nitrogen and oxygen atoms in total. The minimum atomic E-state index is -1.14. The number of carbonyl (C=O) groups is 1. The van der Waals surface area contributed by atoms with Crippen molar-refractivity contribution in [2.24, 2.45) is 0 Å². The fourth-order valence-corrected chi connectivity index (χ4v) is 6.44. The van der Waals surface area contributed by atoms with E-state index in [-0.39, 0.29) is 5.97 Å². The quantitative estimate of drug-likeness (QED) is 0.521. The minimum absolute atomic E-state index is 0.00312. The van der Waals surface area contributed by atoms with Crippen molar-refractivity contribution in [1.29, 1.82) is 0 Å². The van der Waals surface area contributed by atoms with Crippen LogP contribution in [0.1, 0.15) is 32.1 Å². The molecule has 1 atom stereocenters. The van der Waals surface area contributed by atoms with Crippen molar-refractivity contribution in [2.45, 2.75) is 57.3 Å². The number of hydrogen-bond donors (Lipinski definition) is 0. The van der Waals surface area contributed by atoms with Gasteiger partial charge in [0.2, 0.25) is 0 Å². The van der Waals surface area contributed by atoms with E-state index in [0.29, 0.717) is 19.1 Å². The van der Waals surface area contributed by atoms with Crippen molar-refractivity contribution < 1.29 is 9.53 Å². The Morgan fingerprint density at radius 2 is 2.12 bits per heavy atom. The number of rotatable bonds is 1. The van der Waals surface area contributed by atoms with E-state index in [9.17, 15) is 4.79 Å². The molecule has 2 aliphatic rings. The molecule has 0 saturated carbocycles. The predicted octanol–water partition coefficient (Wildman–Crippen LogP) is 2.38. The van der Waals surface area contributed by atoms with Crippen LogP contribution in [0.2, 0.25) is 19.1 Å². The minimum Gasteiger partial charge on any atom is -0.466 e.